The van der Waals surface area contributed by atoms with Crippen LogP contribution < -0.4 is 15.4 Å². The van der Waals surface area contributed by atoms with Crippen molar-refractivity contribution in [2.45, 2.75) is 6.36 Å². The Hall–Kier alpha value is -1.64. The van der Waals surface area contributed by atoms with E-state index >= 15 is 0 Å². The van der Waals surface area contributed by atoms with Gasteiger partial charge in [-0.2, -0.15) is 0 Å². The molecule has 2 amide bonds. The number of amides is 2. The van der Waals surface area contributed by atoms with E-state index in [1.807, 2.05) is 0 Å². The second-order valence-corrected chi connectivity index (χ2v) is 5.25. The van der Waals surface area contributed by atoms with Crippen molar-refractivity contribution in [3.8, 4) is 5.75 Å². The van der Waals surface area contributed by atoms with Crippen molar-refractivity contribution in [1.82, 2.24) is 10.2 Å². The average Bonchev–Trinajstić information content (AvgIpc) is 2.76. The first-order chi connectivity index (χ1) is 9.85. The Labute approximate surface area is 127 Å². The number of alkyl halides is 3. The first-order valence-electron chi connectivity index (χ1n) is 6.17. The fourth-order valence-corrected chi connectivity index (χ4v) is 2.24. The molecule has 0 radical (unpaired) electrons. The third-order valence-corrected chi connectivity index (χ3v) is 3.30. The molecule has 1 aromatic carbocycles. The van der Waals surface area contributed by atoms with Crippen LogP contribution in [0.3, 0.4) is 0 Å². The van der Waals surface area contributed by atoms with Gasteiger partial charge in [-0.3, -0.25) is 0 Å². The van der Waals surface area contributed by atoms with Gasteiger partial charge in [0.1, 0.15) is 0 Å². The second kappa shape index (κ2) is 6.42. The van der Waals surface area contributed by atoms with Crippen LogP contribution in [0.5, 0.6) is 5.75 Å². The summed E-state index contributed by atoms with van der Waals surface area (Å²) in [7, 11) is 0. The fourth-order valence-electron chi connectivity index (χ4n) is 1.90. The minimum atomic E-state index is -4.76. The normalized spacial score (nSPS) is 15.0. The number of carbonyl (C=O) groups excluding carboxylic acids is 1. The molecule has 0 spiro atoms. The van der Waals surface area contributed by atoms with Crippen LogP contribution in [0.25, 0.3) is 0 Å². The van der Waals surface area contributed by atoms with E-state index in [0.29, 0.717) is 30.7 Å². The second-order valence-electron chi connectivity index (χ2n) is 4.33. The Morgan fingerprint density at radius 1 is 1.43 bits per heavy atom. The first-order valence-corrected chi connectivity index (χ1v) is 6.96. The van der Waals surface area contributed by atoms with Crippen LogP contribution in [0.1, 0.15) is 0 Å². The van der Waals surface area contributed by atoms with Gasteiger partial charge in [0.15, 0.2) is 5.75 Å². The number of halogens is 4. The van der Waals surface area contributed by atoms with E-state index in [1.165, 1.54) is 12.1 Å². The molecule has 0 aliphatic carbocycles. The van der Waals surface area contributed by atoms with Gasteiger partial charge in [-0.1, -0.05) is 15.9 Å². The molecule has 0 saturated carbocycles. The van der Waals surface area contributed by atoms with Gasteiger partial charge in [-0.05, 0) is 18.2 Å². The van der Waals surface area contributed by atoms with Crippen molar-refractivity contribution in [2.24, 2.45) is 0 Å². The molecule has 0 aromatic heterocycles. The smallest absolute Gasteiger partial charge is 0.404 e. The lowest BCUT2D eigenvalue weighted by atomic mass is 10.3. The summed E-state index contributed by atoms with van der Waals surface area (Å²) in [4.78, 5) is 12.9. The van der Waals surface area contributed by atoms with Gasteiger partial charge in [-0.25, -0.2) is 4.79 Å². The molecule has 0 atom stereocenters. The molecule has 5 nitrogen and oxygen atoms in total. The maximum atomic E-state index is 12.3. The maximum absolute atomic E-state index is 12.3. The molecule has 0 bridgehead atoms. The Kier molecular flexibility index (Phi) is 4.81. The zero-order valence-electron chi connectivity index (χ0n) is 10.8. The number of nitrogens with one attached hydrogen (secondary N) is 2. The highest BCUT2D eigenvalue weighted by Gasteiger charge is 2.32. The number of benzene rings is 1. The summed E-state index contributed by atoms with van der Waals surface area (Å²) < 4.78 is 41.5. The molecular formula is C12H13BrF3N3O2. The van der Waals surface area contributed by atoms with Crippen molar-refractivity contribution < 1.29 is 22.7 Å². The molecule has 2 N–H and O–H groups in total. The van der Waals surface area contributed by atoms with Crippen LogP contribution in [0.15, 0.2) is 22.7 Å². The molecule has 1 saturated heterocycles. The van der Waals surface area contributed by atoms with Gasteiger partial charge in [0.05, 0.1) is 5.69 Å². The Morgan fingerprint density at radius 3 is 2.81 bits per heavy atom. The topological polar surface area (TPSA) is 53.6 Å². The molecule has 0 unspecified atom stereocenters. The van der Waals surface area contributed by atoms with Crippen LogP contribution in [0.4, 0.5) is 23.7 Å². The number of rotatable bonds is 5. The van der Waals surface area contributed by atoms with Gasteiger partial charge in [0.2, 0.25) is 0 Å². The lowest BCUT2D eigenvalue weighted by Crippen LogP contribution is -2.32. The number of carbonyl (C=O) groups is 1. The lowest BCUT2D eigenvalue weighted by Gasteiger charge is -2.17. The van der Waals surface area contributed by atoms with E-state index in [9.17, 15) is 18.0 Å². The molecule has 1 heterocycles. The fraction of sp³-hybridized carbons (Fsp3) is 0.417. The highest BCUT2D eigenvalue weighted by atomic mass is 79.9. The minimum Gasteiger partial charge on any atom is -0.404 e. The molecule has 1 aliphatic rings. The van der Waals surface area contributed by atoms with Crippen LogP contribution in [0.2, 0.25) is 0 Å². The predicted molar refractivity (Wildman–Crippen MR) is 74.3 cm³/mol. The summed E-state index contributed by atoms with van der Waals surface area (Å²) in [5.41, 5.74) is 0.218. The Bertz CT molecular complexity index is 525. The van der Waals surface area contributed by atoms with Crippen LogP contribution in [0, 0.1) is 0 Å². The van der Waals surface area contributed by atoms with Crippen LogP contribution in [-0.4, -0.2) is 43.5 Å². The number of hydrogen-bond acceptors (Lipinski definition) is 3. The van der Waals surface area contributed by atoms with Gasteiger partial charge in [-0.15, -0.1) is 13.2 Å². The molecule has 1 fully saturated rings. The number of hydrogen-bond donors (Lipinski definition) is 2. The molecule has 9 heteroatoms. The SMILES string of the molecule is O=C1NCCN1CCNc1ccc(Br)cc1OC(F)(F)F. The number of anilines is 1. The molecule has 21 heavy (non-hydrogen) atoms. The van der Waals surface area contributed by atoms with Crippen molar-refractivity contribution in [2.75, 3.05) is 31.5 Å². The summed E-state index contributed by atoms with van der Waals surface area (Å²) in [5.74, 6) is -0.317. The zero-order chi connectivity index (χ0) is 15.5. The molecule has 116 valence electrons. The number of nitrogens with zero attached hydrogens (tertiary/aromatic N) is 1. The van der Waals surface area contributed by atoms with Crippen molar-refractivity contribution in [3.63, 3.8) is 0 Å². The number of ether oxygens (including phenoxy) is 1. The van der Waals surface area contributed by atoms with E-state index < -0.39 is 6.36 Å². The third kappa shape index (κ3) is 4.69. The monoisotopic (exact) mass is 367 g/mol. The standard InChI is InChI=1S/C12H13BrF3N3O2/c13-8-1-2-9(10(7-8)21-12(14,15)16)17-3-5-19-6-4-18-11(19)20/h1-2,7,17H,3-6H2,(H,18,20). The van der Waals surface area contributed by atoms with Crippen molar-refractivity contribution in [3.05, 3.63) is 22.7 Å². The number of urea groups is 1. The largest absolute Gasteiger partial charge is 0.573 e. The summed E-state index contributed by atoms with van der Waals surface area (Å²) in [5, 5.41) is 5.49. The van der Waals surface area contributed by atoms with E-state index in [-0.39, 0.29) is 17.5 Å². The quantitative estimate of drug-likeness (QED) is 0.841. The molecule has 2 rings (SSSR count). The summed E-state index contributed by atoms with van der Waals surface area (Å²) in [6.45, 7) is 1.89. The van der Waals surface area contributed by atoms with Gasteiger partial charge in [0.25, 0.3) is 0 Å². The highest BCUT2D eigenvalue weighted by Crippen LogP contribution is 2.32. The zero-order valence-corrected chi connectivity index (χ0v) is 12.4. The summed E-state index contributed by atoms with van der Waals surface area (Å²) in [6, 6.07) is 4.15. The molecular weight excluding hydrogens is 355 g/mol. The maximum Gasteiger partial charge on any atom is 0.573 e. The van der Waals surface area contributed by atoms with Crippen LogP contribution in [-0.2, 0) is 0 Å². The van der Waals surface area contributed by atoms with Gasteiger partial charge in [0, 0.05) is 30.7 Å². The molecule has 1 aromatic rings. The summed E-state index contributed by atoms with van der Waals surface area (Å²) in [6.07, 6.45) is -4.76. The van der Waals surface area contributed by atoms with Crippen molar-refractivity contribution >= 4 is 27.6 Å². The van der Waals surface area contributed by atoms with Gasteiger partial charge >= 0.3 is 12.4 Å². The minimum absolute atomic E-state index is 0.167. The molecule has 1 aliphatic heterocycles. The Morgan fingerprint density at radius 2 is 2.19 bits per heavy atom. The highest BCUT2D eigenvalue weighted by molar-refractivity contribution is 9.10. The third-order valence-electron chi connectivity index (χ3n) is 2.81. The van der Waals surface area contributed by atoms with Crippen LogP contribution >= 0.6 is 15.9 Å². The average molecular weight is 368 g/mol. The first kappa shape index (κ1) is 15.7. The van der Waals surface area contributed by atoms with E-state index in [0.717, 1.165) is 0 Å². The lowest BCUT2D eigenvalue weighted by molar-refractivity contribution is -0.274. The van der Waals surface area contributed by atoms with E-state index in [4.69, 9.17) is 0 Å². The summed E-state index contributed by atoms with van der Waals surface area (Å²) >= 11 is 3.10. The van der Waals surface area contributed by atoms with Gasteiger partial charge < -0.3 is 20.3 Å². The van der Waals surface area contributed by atoms with E-state index in [2.05, 4.69) is 31.3 Å². The van der Waals surface area contributed by atoms with Crippen molar-refractivity contribution in [1.29, 1.82) is 0 Å². The Balaban J connectivity index is 1.97. The predicted octanol–water partition coefficient (Wildman–Crippen LogP) is 2.78. The van der Waals surface area contributed by atoms with E-state index in [1.54, 1.807) is 11.0 Å².